The summed E-state index contributed by atoms with van der Waals surface area (Å²) in [6.45, 7) is 0.342. The van der Waals surface area contributed by atoms with Crippen LogP contribution in [0.25, 0.3) is 5.69 Å². The lowest BCUT2D eigenvalue weighted by Gasteiger charge is -1.99. The zero-order valence-corrected chi connectivity index (χ0v) is 8.39. The molecule has 1 aromatic carbocycles. The van der Waals surface area contributed by atoms with Gasteiger partial charge in [-0.15, -0.1) is 5.10 Å². The van der Waals surface area contributed by atoms with Gasteiger partial charge in [0.15, 0.2) is 0 Å². The van der Waals surface area contributed by atoms with E-state index in [2.05, 4.69) is 9.84 Å². The molecule has 1 aromatic heterocycles. The first-order valence-corrected chi connectivity index (χ1v) is 4.59. The highest BCUT2D eigenvalue weighted by atomic mass is 35.5. The molecule has 0 aliphatic rings. The molecule has 15 heavy (non-hydrogen) atoms. The first kappa shape index (κ1) is 9.73. The third-order valence-electron chi connectivity index (χ3n) is 1.82. The quantitative estimate of drug-likeness (QED) is 0.747. The molecular formula is C10H7ClN2O2. The molecule has 0 spiro atoms. The van der Waals surface area contributed by atoms with Gasteiger partial charge in [-0.1, -0.05) is 11.6 Å². The summed E-state index contributed by atoms with van der Waals surface area (Å²) in [5, 5.41) is 4.68. The standard InChI is InChI=1S/C10H7ClN2O2/c11-8-1-3-9(4-2-8)13-6-5-10(12-13)15-7-14/h1-7H. The van der Waals surface area contributed by atoms with Crippen LogP contribution in [0.5, 0.6) is 5.88 Å². The van der Waals surface area contributed by atoms with Crippen molar-refractivity contribution in [2.75, 3.05) is 0 Å². The molecule has 0 aliphatic carbocycles. The molecule has 0 saturated carbocycles. The van der Waals surface area contributed by atoms with E-state index in [4.69, 9.17) is 11.6 Å². The summed E-state index contributed by atoms with van der Waals surface area (Å²) in [6.07, 6.45) is 1.70. The van der Waals surface area contributed by atoms with Crippen LogP contribution in [0.4, 0.5) is 0 Å². The van der Waals surface area contributed by atoms with Gasteiger partial charge in [0.05, 0.1) is 5.69 Å². The molecule has 0 bridgehead atoms. The Morgan fingerprint density at radius 2 is 2.00 bits per heavy atom. The van der Waals surface area contributed by atoms with Crippen LogP contribution in [-0.2, 0) is 4.79 Å². The van der Waals surface area contributed by atoms with Crippen LogP contribution in [-0.4, -0.2) is 16.3 Å². The predicted molar refractivity (Wildman–Crippen MR) is 55.3 cm³/mol. The molecule has 0 aliphatic heterocycles. The lowest BCUT2D eigenvalue weighted by atomic mass is 10.3. The number of halogens is 1. The van der Waals surface area contributed by atoms with Gasteiger partial charge in [-0.2, -0.15) is 0 Å². The van der Waals surface area contributed by atoms with Gasteiger partial charge in [-0.05, 0) is 24.3 Å². The van der Waals surface area contributed by atoms with E-state index in [0.29, 0.717) is 11.5 Å². The fourth-order valence-corrected chi connectivity index (χ4v) is 1.28. The average Bonchev–Trinajstić information content (AvgIpc) is 2.68. The van der Waals surface area contributed by atoms with E-state index in [1.54, 1.807) is 29.1 Å². The van der Waals surface area contributed by atoms with Crippen molar-refractivity contribution in [2.24, 2.45) is 0 Å². The maximum Gasteiger partial charge on any atom is 0.299 e. The fraction of sp³-hybridized carbons (Fsp3) is 0. The summed E-state index contributed by atoms with van der Waals surface area (Å²) in [6, 6.07) is 8.76. The summed E-state index contributed by atoms with van der Waals surface area (Å²) < 4.78 is 6.19. The Hall–Kier alpha value is -1.81. The number of aromatic nitrogens is 2. The number of ether oxygens (including phenoxy) is 1. The molecule has 0 radical (unpaired) electrons. The van der Waals surface area contributed by atoms with Crippen LogP contribution < -0.4 is 4.74 Å². The van der Waals surface area contributed by atoms with Gasteiger partial charge in [-0.25, -0.2) is 4.68 Å². The van der Waals surface area contributed by atoms with Gasteiger partial charge >= 0.3 is 0 Å². The molecule has 0 fully saturated rings. The highest BCUT2D eigenvalue weighted by Gasteiger charge is 2.01. The Labute approximate surface area is 91.0 Å². The van der Waals surface area contributed by atoms with Crippen LogP contribution >= 0.6 is 11.6 Å². The molecule has 1 heterocycles. The summed E-state index contributed by atoms with van der Waals surface area (Å²) in [7, 11) is 0. The van der Waals surface area contributed by atoms with E-state index in [1.807, 2.05) is 12.1 Å². The molecule has 4 nitrogen and oxygen atoms in total. The van der Waals surface area contributed by atoms with Crippen molar-refractivity contribution in [3.63, 3.8) is 0 Å². The molecule has 0 amide bonds. The Balaban J connectivity index is 2.28. The van der Waals surface area contributed by atoms with Crippen molar-refractivity contribution in [3.8, 4) is 11.6 Å². The maximum atomic E-state index is 10.1. The van der Waals surface area contributed by atoms with Crippen LogP contribution in [0.3, 0.4) is 0 Å². The summed E-state index contributed by atoms with van der Waals surface area (Å²) >= 11 is 5.75. The Kier molecular flexibility index (Phi) is 2.69. The number of rotatable bonds is 3. The third kappa shape index (κ3) is 2.16. The second kappa shape index (κ2) is 4.14. The number of hydrogen-bond acceptors (Lipinski definition) is 3. The molecular weight excluding hydrogens is 216 g/mol. The monoisotopic (exact) mass is 222 g/mol. The zero-order valence-electron chi connectivity index (χ0n) is 7.63. The van der Waals surface area contributed by atoms with E-state index in [9.17, 15) is 4.79 Å². The van der Waals surface area contributed by atoms with Gasteiger partial charge in [0.25, 0.3) is 6.47 Å². The van der Waals surface area contributed by atoms with Crippen LogP contribution in [0.15, 0.2) is 36.5 Å². The minimum atomic E-state index is 0.264. The minimum Gasteiger partial charge on any atom is -0.408 e. The number of nitrogens with zero attached hydrogens (tertiary/aromatic N) is 2. The van der Waals surface area contributed by atoms with Crippen molar-refractivity contribution in [1.82, 2.24) is 9.78 Å². The lowest BCUT2D eigenvalue weighted by molar-refractivity contribution is -0.120. The molecule has 0 atom stereocenters. The van der Waals surface area contributed by atoms with Crippen molar-refractivity contribution >= 4 is 18.1 Å². The van der Waals surface area contributed by atoms with E-state index in [1.165, 1.54) is 0 Å². The molecule has 0 saturated heterocycles. The Morgan fingerprint density at radius 3 is 2.67 bits per heavy atom. The number of benzene rings is 1. The average molecular weight is 223 g/mol. The largest absolute Gasteiger partial charge is 0.408 e. The normalized spacial score (nSPS) is 9.93. The number of hydrogen-bond donors (Lipinski definition) is 0. The topological polar surface area (TPSA) is 44.1 Å². The van der Waals surface area contributed by atoms with E-state index in [-0.39, 0.29) is 5.88 Å². The first-order chi connectivity index (χ1) is 7.29. The number of carbonyl (C=O) groups excluding carboxylic acids is 1. The molecule has 5 heteroatoms. The molecule has 2 aromatic rings. The Bertz CT molecular complexity index is 465. The van der Waals surface area contributed by atoms with Crippen LogP contribution in [0.1, 0.15) is 0 Å². The molecule has 2 rings (SSSR count). The third-order valence-corrected chi connectivity index (χ3v) is 2.08. The van der Waals surface area contributed by atoms with Crippen LogP contribution in [0, 0.1) is 0 Å². The van der Waals surface area contributed by atoms with E-state index >= 15 is 0 Å². The zero-order chi connectivity index (χ0) is 10.7. The van der Waals surface area contributed by atoms with E-state index in [0.717, 1.165) is 5.69 Å². The highest BCUT2D eigenvalue weighted by molar-refractivity contribution is 6.30. The fourth-order valence-electron chi connectivity index (χ4n) is 1.16. The Morgan fingerprint density at radius 1 is 1.27 bits per heavy atom. The van der Waals surface area contributed by atoms with Crippen molar-refractivity contribution in [3.05, 3.63) is 41.6 Å². The first-order valence-electron chi connectivity index (χ1n) is 4.21. The van der Waals surface area contributed by atoms with Gasteiger partial charge in [0, 0.05) is 17.3 Å². The van der Waals surface area contributed by atoms with Crippen molar-refractivity contribution in [2.45, 2.75) is 0 Å². The SMILES string of the molecule is O=COc1ccn(-c2ccc(Cl)cc2)n1. The van der Waals surface area contributed by atoms with Gasteiger partial charge in [0.2, 0.25) is 5.88 Å². The molecule has 0 unspecified atom stereocenters. The van der Waals surface area contributed by atoms with Gasteiger partial charge in [0.1, 0.15) is 0 Å². The van der Waals surface area contributed by atoms with Gasteiger partial charge in [-0.3, -0.25) is 4.79 Å². The summed E-state index contributed by atoms with van der Waals surface area (Å²) in [5.74, 6) is 0.264. The summed E-state index contributed by atoms with van der Waals surface area (Å²) in [5.41, 5.74) is 0.847. The molecule has 0 N–H and O–H groups in total. The molecule has 76 valence electrons. The van der Waals surface area contributed by atoms with Crippen molar-refractivity contribution < 1.29 is 9.53 Å². The second-order valence-electron chi connectivity index (χ2n) is 2.79. The number of carbonyl (C=O) groups is 1. The lowest BCUT2D eigenvalue weighted by Crippen LogP contribution is -1.95. The highest BCUT2D eigenvalue weighted by Crippen LogP contribution is 2.14. The van der Waals surface area contributed by atoms with Gasteiger partial charge < -0.3 is 4.74 Å². The minimum absolute atomic E-state index is 0.264. The second-order valence-corrected chi connectivity index (χ2v) is 3.23. The van der Waals surface area contributed by atoms with Crippen LogP contribution in [0.2, 0.25) is 5.02 Å². The van der Waals surface area contributed by atoms with E-state index < -0.39 is 0 Å². The maximum absolute atomic E-state index is 10.1. The van der Waals surface area contributed by atoms with Crippen molar-refractivity contribution in [1.29, 1.82) is 0 Å². The summed E-state index contributed by atoms with van der Waals surface area (Å²) in [4.78, 5) is 10.1. The smallest absolute Gasteiger partial charge is 0.299 e. The predicted octanol–water partition coefficient (Wildman–Crippen LogP) is 2.06.